The van der Waals surface area contributed by atoms with Crippen molar-refractivity contribution in [3.05, 3.63) is 15.3 Å². The van der Waals surface area contributed by atoms with Crippen LogP contribution in [-0.2, 0) is 14.2 Å². The zero-order valence-electron chi connectivity index (χ0n) is 16.8. The predicted octanol–water partition coefficient (Wildman–Crippen LogP) is 4.39. The lowest BCUT2D eigenvalue weighted by molar-refractivity contribution is 0.0430. The van der Waals surface area contributed by atoms with E-state index in [0.29, 0.717) is 9.78 Å². The largest absolute Gasteiger partial charge is 0.465 e. The molecule has 2 amide bonds. The predicted molar refractivity (Wildman–Crippen MR) is 100 cm³/mol. The van der Waals surface area contributed by atoms with Gasteiger partial charge in [0.15, 0.2) is 0 Å². The molecule has 0 atom stereocenters. The van der Waals surface area contributed by atoms with Gasteiger partial charge in [0.1, 0.15) is 27.8 Å². The van der Waals surface area contributed by atoms with Crippen LogP contribution in [0.15, 0.2) is 0 Å². The average molecular weight is 396 g/mol. The third kappa shape index (κ3) is 5.69. The molecule has 0 spiro atoms. The van der Waals surface area contributed by atoms with Crippen molar-refractivity contribution in [2.75, 3.05) is 12.0 Å². The maximum absolute atomic E-state index is 12.8. The van der Waals surface area contributed by atoms with Gasteiger partial charge >= 0.3 is 18.2 Å². The van der Waals surface area contributed by atoms with Crippen LogP contribution in [0, 0.1) is 18.3 Å². The Kier molecular flexibility index (Phi) is 6.62. The molecule has 1 aromatic rings. The highest BCUT2D eigenvalue weighted by Gasteiger charge is 2.38. The molecule has 27 heavy (non-hydrogen) atoms. The standard InChI is InChI=1S/C18H24N2O6S/c1-10-11(9-19)12(13(27-10)14(21)24-8)20(15(22)25-17(2,3)4)16(23)26-18(5,6)7/h1-8H3. The second kappa shape index (κ2) is 7.96. The third-order valence-electron chi connectivity index (χ3n) is 2.92. The first kappa shape index (κ1) is 22.4. The number of ether oxygens (including phenoxy) is 3. The number of esters is 1. The molecule has 8 nitrogen and oxygen atoms in total. The van der Waals surface area contributed by atoms with Crippen LogP contribution >= 0.6 is 11.3 Å². The van der Waals surface area contributed by atoms with E-state index in [0.717, 1.165) is 11.3 Å². The number of thiophene rings is 1. The number of carbonyl (C=O) groups is 3. The molecule has 0 bridgehead atoms. The van der Waals surface area contributed by atoms with Gasteiger partial charge in [0.25, 0.3) is 0 Å². The van der Waals surface area contributed by atoms with Crippen LogP contribution in [0.1, 0.15) is 61.7 Å². The molecule has 0 aromatic carbocycles. The van der Waals surface area contributed by atoms with Gasteiger partial charge in [0, 0.05) is 4.88 Å². The Morgan fingerprint density at radius 2 is 1.44 bits per heavy atom. The van der Waals surface area contributed by atoms with Gasteiger partial charge in [-0.25, -0.2) is 14.4 Å². The monoisotopic (exact) mass is 396 g/mol. The van der Waals surface area contributed by atoms with E-state index in [1.165, 1.54) is 7.11 Å². The van der Waals surface area contributed by atoms with Crippen LogP contribution in [0.4, 0.5) is 15.3 Å². The van der Waals surface area contributed by atoms with Crippen LogP contribution in [-0.4, -0.2) is 36.5 Å². The van der Waals surface area contributed by atoms with E-state index in [4.69, 9.17) is 14.2 Å². The summed E-state index contributed by atoms with van der Waals surface area (Å²) in [6, 6.07) is 1.92. The van der Waals surface area contributed by atoms with Crippen LogP contribution < -0.4 is 4.90 Å². The topological polar surface area (TPSA) is 106 Å². The molecule has 1 rings (SSSR count). The van der Waals surface area contributed by atoms with Gasteiger partial charge in [-0.3, -0.25) is 0 Å². The first-order valence-corrected chi connectivity index (χ1v) is 8.91. The fourth-order valence-corrected chi connectivity index (χ4v) is 2.99. The maximum Gasteiger partial charge on any atom is 0.424 e. The molecule has 0 radical (unpaired) electrons. The number of amides is 2. The number of hydrogen-bond donors (Lipinski definition) is 0. The number of aryl methyl sites for hydroxylation is 1. The summed E-state index contributed by atoms with van der Waals surface area (Å²) in [5, 5.41) is 9.52. The lowest BCUT2D eigenvalue weighted by atomic mass is 10.2. The summed E-state index contributed by atoms with van der Waals surface area (Å²) < 4.78 is 15.3. The molecular weight excluding hydrogens is 372 g/mol. The van der Waals surface area contributed by atoms with Crippen LogP contribution in [0.5, 0.6) is 0 Å². The number of hydrogen-bond acceptors (Lipinski definition) is 8. The molecule has 1 heterocycles. The quantitative estimate of drug-likeness (QED) is 0.539. The molecule has 0 aliphatic carbocycles. The Labute approximate surface area is 162 Å². The minimum absolute atomic E-state index is 0.00267. The van der Waals surface area contributed by atoms with Crippen molar-refractivity contribution in [1.82, 2.24) is 0 Å². The lowest BCUT2D eigenvalue weighted by Crippen LogP contribution is -2.44. The van der Waals surface area contributed by atoms with Crippen LogP contribution in [0.2, 0.25) is 0 Å². The van der Waals surface area contributed by atoms with E-state index in [2.05, 4.69) is 0 Å². The van der Waals surface area contributed by atoms with Gasteiger partial charge in [0.05, 0.1) is 12.7 Å². The summed E-state index contributed by atoms with van der Waals surface area (Å²) in [7, 11) is 1.17. The number of rotatable bonds is 2. The zero-order chi connectivity index (χ0) is 21.2. The fourth-order valence-electron chi connectivity index (χ4n) is 1.98. The van der Waals surface area contributed by atoms with Gasteiger partial charge in [0.2, 0.25) is 0 Å². The van der Waals surface area contributed by atoms with Crippen molar-refractivity contribution < 1.29 is 28.6 Å². The minimum atomic E-state index is -1.06. The van der Waals surface area contributed by atoms with E-state index in [9.17, 15) is 19.6 Å². The van der Waals surface area contributed by atoms with Crippen molar-refractivity contribution in [2.45, 2.75) is 59.7 Å². The molecule has 148 valence electrons. The highest BCUT2D eigenvalue weighted by Crippen LogP contribution is 2.37. The molecule has 0 unspecified atom stereocenters. The normalized spacial score (nSPS) is 11.4. The molecule has 9 heteroatoms. The molecule has 0 aliphatic heterocycles. The number of anilines is 1. The smallest absolute Gasteiger partial charge is 0.424 e. The van der Waals surface area contributed by atoms with E-state index >= 15 is 0 Å². The highest BCUT2D eigenvalue weighted by molar-refractivity contribution is 7.14. The van der Waals surface area contributed by atoms with Crippen molar-refractivity contribution >= 4 is 35.2 Å². The second-order valence-electron chi connectivity index (χ2n) is 7.61. The molecule has 0 aliphatic rings. The van der Waals surface area contributed by atoms with Crippen molar-refractivity contribution in [1.29, 1.82) is 5.26 Å². The Morgan fingerprint density at radius 3 is 1.78 bits per heavy atom. The van der Waals surface area contributed by atoms with Gasteiger partial charge in [-0.15, -0.1) is 11.3 Å². The van der Waals surface area contributed by atoms with E-state index in [1.54, 1.807) is 48.5 Å². The number of methoxy groups -OCH3 is 1. The third-order valence-corrected chi connectivity index (χ3v) is 3.99. The summed E-state index contributed by atoms with van der Waals surface area (Å²) in [5.74, 6) is -0.781. The van der Waals surface area contributed by atoms with Gasteiger partial charge in [-0.1, -0.05) is 0 Å². The number of carbonyl (C=O) groups excluding carboxylic acids is 3. The molecule has 0 saturated heterocycles. The Morgan fingerprint density at radius 1 is 1.00 bits per heavy atom. The van der Waals surface area contributed by atoms with Crippen molar-refractivity contribution in [3.8, 4) is 6.07 Å². The van der Waals surface area contributed by atoms with Gasteiger partial charge < -0.3 is 14.2 Å². The molecular formula is C18H24N2O6S. The van der Waals surface area contributed by atoms with Crippen LogP contribution in [0.3, 0.4) is 0 Å². The Balaban J connectivity index is 3.65. The fraction of sp³-hybridized carbons (Fsp3) is 0.556. The maximum atomic E-state index is 12.8. The summed E-state index contributed by atoms with van der Waals surface area (Å²) in [5.41, 5.74) is -2.03. The van der Waals surface area contributed by atoms with Crippen molar-refractivity contribution in [2.24, 2.45) is 0 Å². The lowest BCUT2D eigenvalue weighted by Gasteiger charge is -2.28. The summed E-state index contributed by atoms with van der Waals surface area (Å²) in [6.45, 7) is 11.4. The highest BCUT2D eigenvalue weighted by atomic mass is 32.1. The SMILES string of the molecule is COC(=O)c1sc(C)c(C#N)c1N(C(=O)OC(C)(C)C)C(=O)OC(C)(C)C. The van der Waals surface area contributed by atoms with E-state index < -0.39 is 29.4 Å². The van der Waals surface area contributed by atoms with Gasteiger partial charge in [-0.2, -0.15) is 10.2 Å². The average Bonchev–Trinajstić information content (AvgIpc) is 2.79. The van der Waals surface area contributed by atoms with Gasteiger partial charge in [-0.05, 0) is 48.5 Å². The van der Waals surface area contributed by atoms with Crippen LogP contribution in [0.25, 0.3) is 0 Å². The molecule has 0 saturated carbocycles. The first-order chi connectivity index (χ1) is 12.2. The first-order valence-electron chi connectivity index (χ1n) is 8.09. The van der Waals surface area contributed by atoms with E-state index in [-0.39, 0.29) is 16.1 Å². The summed E-state index contributed by atoms with van der Waals surface area (Å²) in [6.07, 6.45) is -2.12. The van der Waals surface area contributed by atoms with Crippen molar-refractivity contribution in [3.63, 3.8) is 0 Å². The zero-order valence-corrected chi connectivity index (χ0v) is 17.6. The Hall–Kier alpha value is -2.60. The van der Waals surface area contributed by atoms with E-state index in [1.807, 2.05) is 6.07 Å². The second-order valence-corrected chi connectivity index (χ2v) is 8.84. The Bertz CT molecular complexity index is 764. The molecule has 1 aromatic heterocycles. The summed E-state index contributed by atoms with van der Waals surface area (Å²) in [4.78, 5) is 38.7. The number of nitriles is 1. The molecule has 0 N–H and O–H groups in total. The number of imide groups is 1. The molecule has 0 fully saturated rings. The number of nitrogens with zero attached hydrogens (tertiary/aromatic N) is 2. The summed E-state index contributed by atoms with van der Waals surface area (Å²) >= 11 is 0.943. The minimum Gasteiger partial charge on any atom is -0.465 e.